The van der Waals surface area contributed by atoms with E-state index in [1.807, 2.05) is 0 Å². The van der Waals surface area contributed by atoms with Crippen LogP contribution in [0, 0.1) is 5.82 Å². The summed E-state index contributed by atoms with van der Waals surface area (Å²) in [5.74, 6) is -1.25. The van der Waals surface area contributed by atoms with Crippen LogP contribution in [0.2, 0.25) is 0 Å². The Labute approximate surface area is 196 Å². The molecule has 33 heavy (non-hydrogen) atoms. The number of aromatic nitrogens is 2. The summed E-state index contributed by atoms with van der Waals surface area (Å²) < 4.78 is 24.7. The first-order chi connectivity index (χ1) is 15.6. The number of carbonyl (C=O) groups excluding carboxylic acids is 1. The fourth-order valence-electron chi connectivity index (χ4n) is 3.36. The van der Waals surface area contributed by atoms with Gasteiger partial charge in [0.1, 0.15) is 11.6 Å². The number of anilines is 2. The molecule has 0 atom stereocenters. The molecule has 0 bridgehead atoms. The number of aromatic hydroxyl groups is 1. The molecule has 3 aromatic rings. The van der Waals surface area contributed by atoms with Gasteiger partial charge in [-0.25, -0.2) is 4.39 Å². The van der Waals surface area contributed by atoms with Gasteiger partial charge in [-0.2, -0.15) is 0 Å². The minimum absolute atomic E-state index is 0. The van der Waals surface area contributed by atoms with Crippen molar-refractivity contribution >= 4 is 30.0 Å². The van der Waals surface area contributed by atoms with Crippen molar-refractivity contribution in [3.05, 3.63) is 53.8 Å². The smallest absolute Gasteiger partial charge is 0.315 e. The SMILES string of the molecule is Cl.O=C(Nc1ccc(-c2nnc(NCCCN3CCOCC3)o2)c(O)c1)c1ccccc1F. The second kappa shape index (κ2) is 11.6. The van der Waals surface area contributed by atoms with Crippen molar-refractivity contribution in [1.29, 1.82) is 0 Å². The van der Waals surface area contributed by atoms with E-state index in [0.29, 0.717) is 17.8 Å². The fraction of sp³-hybridized carbons (Fsp3) is 0.318. The average Bonchev–Trinajstić information content (AvgIpc) is 3.26. The van der Waals surface area contributed by atoms with Crippen LogP contribution in [0.5, 0.6) is 5.75 Å². The van der Waals surface area contributed by atoms with Gasteiger partial charge in [-0.3, -0.25) is 9.69 Å². The summed E-state index contributed by atoms with van der Waals surface area (Å²) in [6.07, 6.45) is 0.916. The molecule has 2 heterocycles. The van der Waals surface area contributed by atoms with E-state index in [4.69, 9.17) is 9.15 Å². The molecule has 11 heteroatoms. The summed E-state index contributed by atoms with van der Waals surface area (Å²) in [4.78, 5) is 14.6. The maximum atomic E-state index is 13.8. The van der Waals surface area contributed by atoms with Crippen LogP contribution >= 0.6 is 12.4 Å². The standard InChI is InChI=1S/C22H24FN5O4.ClH/c23-18-5-2-1-4-16(18)20(30)25-15-6-7-17(19(29)14-15)21-26-27-22(32-21)24-8-3-9-28-10-12-31-13-11-28;/h1-2,4-7,14,29H,3,8-13H2,(H,24,27)(H,25,30);1H. The van der Waals surface area contributed by atoms with E-state index in [-0.39, 0.29) is 35.6 Å². The number of halogens is 2. The maximum absolute atomic E-state index is 13.8. The van der Waals surface area contributed by atoms with Gasteiger partial charge in [-0.15, -0.1) is 17.5 Å². The molecule has 1 aromatic heterocycles. The molecule has 9 nitrogen and oxygen atoms in total. The molecule has 0 spiro atoms. The quantitative estimate of drug-likeness (QED) is 0.423. The molecule has 0 unspecified atom stereocenters. The number of amides is 1. The zero-order valence-electron chi connectivity index (χ0n) is 17.8. The van der Waals surface area contributed by atoms with Crippen LogP contribution in [-0.4, -0.2) is 65.5 Å². The number of phenols is 1. The number of nitrogens with zero attached hydrogens (tertiary/aromatic N) is 3. The third-order valence-corrected chi connectivity index (χ3v) is 5.06. The second-order valence-corrected chi connectivity index (χ2v) is 7.31. The Morgan fingerprint density at radius 3 is 2.70 bits per heavy atom. The lowest BCUT2D eigenvalue weighted by molar-refractivity contribution is 0.0378. The molecule has 176 valence electrons. The van der Waals surface area contributed by atoms with Crippen molar-refractivity contribution in [1.82, 2.24) is 15.1 Å². The van der Waals surface area contributed by atoms with E-state index < -0.39 is 11.7 Å². The van der Waals surface area contributed by atoms with E-state index >= 15 is 0 Å². The average molecular weight is 478 g/mol. The molecule has 2 aromatic carbocycles. The van der Waals surface area contributed by atoms with Crippen LogP contribution in [0.1, 0.15) is 16.8 Å². The molecule has 3 N–H and O–H groups in total. The lowest BCUT2D eigenvalue weighted by Crippen LogP contribution is -2.37. The van der Waals surface area contributed by atoms with Gasteiger partial charge in [-0.05, 0) is 37.2 Å². The van der Waals surface area contributed by atoms with Crippen LogP contribution in [0.25, 0.3) is 11.5 Å². The van der Waals surface area contributed by atoms with Crippen molar-refractivity contribution in [2.45, 2.75) is 6.42 Å². The number of rotatable bonds is 8. The largest absolute Gasteiger partial charge is 0.507 e. The van der Waals surface area contributed by atoms with Crippen LogP contribution in [0.15, 0.2) is 46.9 Å². The Bertz CT molecular complexity index is 1070. The summed E-state index contributed by atoms with van der Waals surface area (Å²) in [6, 6.07) is 10.4. The molecule has 1 aliphatic rings. The molecule has 0 radical (unpaired) electrons. The van der Waals surface area contributed by atoms with Crippen molar-refractivity contribution in [3.63, 3.8) is 0 Å². The molecular weight excluding hydrogens is 453 g/mol. The topological polar surface area (TPSA) is 113 Å². The van der Waals surface area contributed by atoms with Crippen molar-refractivity contribution in [3.8, 4) is 17.2 Å². The first-order valence-electron chi connectivity index (χ1n) is 10.4. The van der Waals surface area contributed by atoms with E-state index in [0.717, 1.165) is 39.3 Å². The first kappa shape index (κ1) is 24.4. The summed E-state index contributed by atoms with van der Waals surface area (Å²) in [5, 5.41) is 23.9. The highest BCUT2D eigenvalue weighted by Gasteiger charge is 2.16. The minimum Gasteiger partial charge on any atom is -0.507 e. The highest BCUT2D eigenvalue weighted by atomic mass is 35.5. The molecule has 1 fully saturated rings. The zero-order chi connectivity index (χ0) is 22.3. The Hall–Kier alpha value is -3.21. The molecule has 1 aliphatic heterocycles. The Morgan fingerprint density at radius 2 is 1.94 bits per heavy atom. The van der Waals surface area contributed by atoms with Gasteiger partial charge >= 0.3 is 6.01 Å². The Balaban J connectivity index is 0.00000306. The van der Waals surface area contributed by atoms with Crippen molar-refractivity contribution < 1.29 is 23.4 Å². The number of phenolic OH excluding ortho intramolecular Hbond substituents is 1. The predicted octanol–water partition coefficient (Wildman–Crippen LogP) is 3.39. The number of nitrogens with one attached hydrogen (secondary N) is 2. The monoisotopic (exact) mass is 477 g/mol. The van der Waals surface area contributed by atoms with Crippen molar-refractivity contribution in [2.75, 3.05) is 50.0 Å². The number of morpholine rings is 1. The first-order valence-corrected chi connectivity index (χ1v) is 10.4. The number of benzene rings is 2. The number of ether oxygens (including phenoxy) is 1. The van der Waals surface area contributed by atoms with Gasteiger partial charge < -0.3 is 24.9 Å². The number of hydrogen-bond donors (Lipinski definition) is 3. The minimum atomic E-state index is -0.623. The Kier molecular flexibility index (Phi) is 8.58. The van der Waals surface area contributed by atoms with Gasteiger partial charge in [0.05, 0.1) is 24.3 Å². The normalized spacial score (nSPS) is 13.8. The van der Waals surface area contributed by atoms with E-state index in [1.165, 1.54) is 24.3 Å². The molecule has 0 aliphatic carbocycles. The lowest BCUT2D eigenvalue weighted by atomic mass is 10.1. The van der Waals surface area contributed by atoms with E-state index in [2.05, 4.69) is 25.7 Å². The van der Waals surface area contributed by atoms with Gasteiger partial charge in [0, 0.05) is 31.4 Å². The molecule has 1 amide bonds. The van der Waals surface area contributed by atoms with E-state index in [9.17, 15) is 14.3 Å². The van der Waals surface area contributed by atoms with Gasteiger partial charge in [0.25, 0.3) is 11.8 Å². The summed E-state index contributed by atoms with van der Waals surface area (Å²) in [7, 11) is 0. The third kappa shape index (κ3) is 6.41. The lowest BCUT2D eigenvalue weighted by Gasteiger charge is -2.26. The van der Waals surface area contributed by atoms with Crippen LogP contribution < -0.4 is 10.6 Å². The summed E-state index contributed by atoms with van der Waals surface area (Å²) in [6.45, 7) is 5.07. The maximum Gasteiger partial charge on any atom is 0.315 e. The predicted molar refractivity (Wildman–Crippen MR) is 123 cm³/mol. The fourth-order valence-corrected chi connectivity index (χ4v) is 3.36. The summed E-state index contributed by atoms with van der Waals surface area (Å²) in [5.41, 5.74) is 0.542. The van der Waals surface area contributed by atoms with Crippen LogP contribution in [0.3, 0.4) is 0 Å². The third-order valence-electron chi connectivity index (χ3n) is 5.06. The van der Waals surface area contributed by atoms with Crippen LogP contribution in [-0.2, 0) is 4.74 Å². The van der Waals surface area contributed by atoms with Gasteiger partial charge in [0.15, 0.2) is 0 Å². The highest BCUT2D eigenvalue weighted by molar-refractivity contribution is 6.04. The molecular formula is C22H25ClFN5O4. The van der Waals surface area contributed by atoms with Gasteiger partial charge in [0.2, 0.25) is 0 Å². The molecule has 0 saturated carbocycles. The number of hydrogen-bond acceptors (Lipinski definition) is 8. The molecule has 1 saturated heterocycles. The van der Waals surface area contributed by atoms with Crippen molar-refractivity contribution in [2.24, 2.45) is 0 Å². The summed E-state index contributed by atoms with van der Waals surface area (Å²) >= 11 is 0. The van der Waals surface area contributed by atoms with Gasteiger partial charge in [-0.1, -0.05) is 17.2 Å². The zero-order valence-corrected chi connectivity index (χ0v) is 18.6. The molecule has 4 rings (SSSR count). The van der Waals surface area contributed by atoms with E-state index in [1.54, 1.807) is 18.2 Å². The number of carbonyl (C=O) groups is 1. The second-order valence-electron chi connectivity index (χ2n) is 7.31. The highest BCUT2D eigenvalue weighted by Crippen LogP contribution is 2.31. The Morgan fingerprint density at radius 1 is 1.15 bits per heavy atom. The van der Waals surface area contributed by atoms with Crippen LogP contribution in [0.4, 0.5) is 16.1 Å².